The van der Waals surface area contributed by atoms with Crippen LogP contribution in [0, 0.1) is 6.92 Å². The molecule has 13 heavy (non-hydrogen) atoms. The van der Waals surface area contributed by atoms with Crippen molar-refractivity contribution in [2.75, 3.05) is 6.61 Å². The topological polar surface area (TPSA) is 39.2 Å². The van der Waals surface area contributed by atoms with E-state index in [4.69, 9.17) is 4.74 Å². The lowest BCUT2D eigenvalue weighted by Crippen LogP contribution is -2.13. The van der Waals surface area contributed by atoms with E-state index in [0.29, 0.717) is 17.9 Å². The van der Waals surface area contributed by atoms with Gasteiger partial charge < -0.3 is 4.74 Å². The fourth-order valence-electron chi connectivity index (χ4n) is 1.05. The number of nitrogens with zero attached hydrogens (tertiary/aromatic N) is 1. The number of esters is 1. The maximum Gasteiger partial charge on any atom is 0.339 e. The summed E-state index contributed by atoms with van der Waals surface area (Å²) in [6, 6.07) is 1.79. The zero-order valence-corrected chi connectivity index (χ0v) is 8.13. The summed E-state index contributed by atoms with van der Waals surface area (Å²) in [6.07, 6.45) is 1.73. The molecule has 1 rings (SSSR count). The highest BCUT2D eigenvalue weighted by molar-refractivity contribution is 6.32. The van der Waals surface area contributed by atoms with Crippen molar-refractivity contribution >= 4 is 19.3 Å². The molecule has 68 valence electrons. The van der Waals surface area contributed by atoms with Gasteiger partial charge >= 0.3 is 5.97 Å². The number of hydrogen-bond acceptors (Lipinski definition) is 3. The van der Waals surface area contributed by atoms with Crippen LogP contribution >= 0.6 is 0 Å². The second kappa shape index (κ2) is 4.07. The normalized spacial score (nSPS) is 9.69. The summed E-state index contributed by atoms with van der Waals surface area (Å²) in [7, 11) is 1.90. The second-order valence-electron chi connectivity index (χ2n) is 2.87. The first-order valence-electron chi connectivity index (χ1n) is 4.25. The van der Waals surface area contributed by atoms with E-state index in [1.54, 1.807) is 26.1 Å². The third-order valence-corrected chi connectivity index (χ3v) is 1.72. The molecule has 0 aliphatic carbocycles. The van der Waals surface area contributed by atoms with Crippen LogP contribution in [0.2, 0.25) is 0 Å². The van der Waals surface area contributed by atoms with Crippen molar-refractivity contribution in [3.63, 3.8) is 0 Å². The summed E-state index contributed by atoms with van der Waals surface area (Å²) < 4.78 is 4.88. The number of aromatic nitrogens is 1. The van der Waals surface area contributed by atoms with Gasteiger partial charge in [-0.25, -0.2) is 4.79 Å². The zero-order chi connectivity index (χ0) is 9.84. The van der Waals surface area contributed by atoms with Crippen molar-refractivity contribution in [1.29, 1.82) is 0 Å². The molecule has 1 heterocycles. The van der Waals surface area contributed by atoms with Gasteiger partial charge in [0.05, 0.1) is 17.9 Å². The van der Waals surface area contributed by atoms with Gasteiger partial charge in [-0.2, -0.15) is 0 Å². The highest BCUT2D eigenvalue weighted by Gasteiger charge is 2.10. The van der Waals surface area contributed by atoms with Gasteiger partial charge in [0.1, 0.15) is 7.85 Å². The molecule has 4 heteroatoms. The van der Waals surface area contributed by atoms with E-state index in [1.807, 2.05) is 7.85 Å². The summed E-state index contributed by atoms with van der Waals surface area (Å²) in [6.45, 7) is 3.98. The van der Waals surface area contributed by atoms with Crippen LogP contribution in [0.4, 0.5) is 0 Å². The molecule has 0 bridgehead atoms. The number of hydrogen-bond donors (Lipinski definition) is 0. The first-order valence-corrected chi connectivity index (χ1v) is 4.25. The van der Waals surface area contributed by atoms with Crippen molar-refractivity contribution in [1.82, 2.24) is 4.98 Å². The van der Waals surface area contributed by atoms with Gasteiger partial charge in [-0.05, 0) is 13.8 Å². The molecule has 0 aliphatic rings. The summed E-state index contributed by atoms with van der Waals surface area (Å²) in [5, 5.41) is 0. The Morgan fingerprint density at radius 3 is 3.00 bits per heavy atom. The average molecular weight is 177 g/mol. The Morgan fingerprint density at radius 2 is 2.38 bits per heavy atom. The number of aryl methyl sites for hydroxylation is 1. The molecule has 0 spiro atoms. The van der Waals surface area contributed by atoms with Gasteiger partial charge in [-0.1, -0.05) is 11.5 Å². The van der Waals surface area contributed by atoms with E-state index in [9.17, 15) is 4.79 Å². The minimum atomic E-state index is -0.295. The highest BCUT2D eigenvalue weighted by Crippen LogP contribution is 2.03. The van der Waals surface area contributed by atoms with Crippen LogP contribution in [0.1, 0.15) is 23.0 Å². The number of rotatable bonds is 2. The summed E-state index contributed by atoms with van der Waals surface area (Å²) >= 11 is 0. The van der Waals surface area contributed by atoms with Crippen molar-refractivity contribution in [3.8, 4) is 0 Å². The van der Waals surface area contributed by atoms with Gasteiger partial charge in [0.2, 0.25) is 0 Å². The highest BCUT2D eigenvalue weighted by atomic mass is 16.5. The maximum absolute atomic E-state index is 11.4. The summed E-state index contributed by atoms with van der Waals surface area (Å²) in [5.41, 5.74) is 2.24. The smallest absolute Gasteiger partial charge is 0.339 e. The Morgan fingerprint density at radius 1 is 1.69 bits per heavy atom. The molecule has 0 atom stereocenters. The third-order valence-electron chi connectivity index (χ3n) is 1.72. The SMILES string of the molecule is Bc1cnc(C)c(C(=O)OCC)c1. The predicted molar refractivity (Wildman–Crippen MR) is 53.1 cm³/mol. The molecule has 0 fully saturated rings. The van der Waals surface area contributed by atoms with Gasteiger partial charge in [0.25, 0.3) is 0 Å². The van der Waals surface area contributed by atoms with Crippen molar-refractivity contribution < 1.29 is 9.53 Å². The zero-order valence-electron chi connectivity index (χ0n) is 8.13. The molecular formula is C9H12BNO2. The van der Waals surface area contributed by atoms with Crippen LogP contribution in [0.3, 0.4) is 0 Å². The van der Waals surface area contributed by atoms with Gasteiger partial charge in [-0.15, -0.1) is 0 Å². The van der Waals surface area contributed by atoms with E-state index in [-0.39, 0.29) is 5.97 Å². The summed E-state index contributed by atoms with van der Waals surface area (Å²) in [5.74, 6) is -0.295. The Labute approximate surface area is 78.5 Å². The van der Waals surface area contributed by atoms with Gasteiger partial charge in [0.15, 0.2) is 0 Å². The molecule has 0 saturated heterocycles. The standard InChI is InChI=1S/C9H12BNO2/c1-3-13-9(12)8-4-7(10)5-11-6(8)2/h4-5H,3,10H2,1-2H3. The van der Waals surface area contributed by atoms with Crippen LogP contribution in [0.15, 0.2) is 12.3 Å². The number of pyridine rings is 1. The van der Waals surface area contributed by atoms with Crippen LogP contribution < -0.4 is 5.46 Å². The first-order chi connectivity index (χ1) is 6.15. The molecule has 3 nitrogen and oxygen atoms in total. The molecule has 0 saturated carbocycles. The van der Waals surface area contributed by atoms with Gasteiger partial charge in [0, 0.05) is 6.20 Å². The lowest BCUT2D eigenvalue weighted by Gasteiger charge is -2.04. The lowest BCUT2D eigenvalue weighted by molar-refractivity contribution is 0.0525. The number of carbonyl (C=O) groups is 1. The van der Waals surface area contributed by atoms with Crippen LogP contribution in [0.25, 0.3) is 0 Å². The molecule has 0 unspecified atom stereocenters. The lowest BCUT2D eigenvalue weighted by atomic mass is 9.96. The molecular weight excluding hydrogens is 165 g/mol. The molecule has 0 aromatic carbocycles. The largest absolute Gasteiger partial charge is 0.462 e. The van der Waals surface area contributed by atoms with Crippen molar-refractivity contribution in [3.05, 3.63) is 23.5 Å². The van der Waals surface area contributed by atoms with Crippen LogP contribution in [-0.4, -0.2) is 25.4 Å². The fourth-order valence-corrected chi connectivity index (χ4v) is 1.05. The predicted octanol–water partition coefficient (Wildman–Crippen LogP) is -0.175. The number of carbonyl (C=O) groups excluding carboxylic acids is 1. The number of ether oxygens (including phenoxy) is 1. The fraction of sp³-hybridized carbons (Fsp3) is 0.333. The van der Waals surface area contributed by atoms with Crippen LogP contribution in [0.5, 0.6) is 0 Å². The minimum absolute atomic E-state index is 0.295. The quantitative estimate of drug-likeness (QED) is 0.464. The molecule has 1 aromatic rings. The van der Waals surface area contributed by atoms with E-state index in [2.05, 4.69) is 4.98 Å². The third kappa shape index (κ3) is 2.31. The Hall–Kier alpha value is -1.32. The maximum atomic E-state index is 11.4. The van der Waals surface area contributed by atoms with E-state index in [0.717, 1.165) is 5.46 Å². The molecule has 0 aliphatic heterocycles. The Bertz CT molecular complexity index is 325. The molecule has 0 amide bonds. The molecule has 1 aromatic heterocycles. The van der Waals surface area contributed by atoms with E-state index in [1.165, 1.54) is 0 Å². The van der Waals surface area contributed by atoms with E-state index >= 15 is 0 Å². The second-order valence-corrected chi connectivity index (χ2v) is 2.87. The van der Waals surface area contributed by atoms with E-state index < -0.39 is 0 Å². The van der Waals surface area contributed by atoms with Crippen LogP contribution in [-0.2, 0) is 4.74 Å². The minimum Gasteiger partial charge on any atom is -0.462 e. The molecule has 0 radical (unpaired) electrons. The average Bonchev–Trinajstić information content (AvgIpc) is 2.09. The monoisotopic (exact) mass is 177 g/mol. The van der Waals surface area contributed by atoms with Gasteiger partial charge in [-0.3, -0.25) is 4.98 Å². The Kier molecular flexibility index (Phi) is 3.06. The van der Waals surface area contributed by atoms with Crippen molar-refractivity contribution in [2.45, 2.75) is 13.8 Å². The first kappa shape index (κ1) is 9.77. The molecule has 0 N–H and O–H groups in total. The van der Waals surface area contributed by atoms with Crippen molar-refractivity contribution in [2.24, 2.45) is 0 Å². The summed E-state index contributed by atoms with van der Waals surface area (Å²) in [4.78, 5) is 15.4. The Balaban J connectivity index is 2.99.